The summed E-state index contributed by atoms with van der Waals surface area (Å²) in [5.74, 6) is 0.363. The second kappa shape index (κ2) is 3.73. The van der Waals surface area contributed by atoms with Crippen molar-refractivity contribution in [1.82, 2.24) is 4.90 Å². The van der Waals surface area contributed by atoms with Crippen molar-refractivity contribution in [2.75, 3.05) is 19.8 Å². The smallest absolute Gasteiger partial charge is 0.311 e. The highest BCUT2D eigenvalue weighted by molar-refractivity contribution is 7.87. The maximum Gasteiger partial charge on any atom is 0.311 e. The molecule has 5 nitrogen and oxygen atoms in total. The first-order chi connectivity index (χ1) is 8.48. The molecule has 2 aromatic rings. The zero-order valence-corrected chi connectivity index (χ0v) is 10.9. The average Bonchev–Trinajstić information content (AvgIpc) is 2.75. The van der Waals surface area contributed by atoms with E-state index in [0.717, 1.165) is 5.56 Å². The van der Waals surface area contributed by atoms with Crippen LogP contribution in [-0.2, 0) is 10.1 Å². The summed E-state index contributed by atoms with van der Waals surface area (Å²) >= 11 is 0. The van der Waals surface area contributed by atoms with E-state index in [4.69, 9.17) is 8.60 Å². The van der Waals surface area contributed by atoms with Gasteiger partial charge in [-0.15, -0.1) is 0 Å². The quantitative estimate of drug-likeness (QED) is 0.737. The summed E-state index contributed by atoms with van der Waals surface area (Å²) in [5.41, 5.74) is 1.51. The summed E-state index contributed by atoms with van der Waals surface area (Å²) in [7, 11) is 0.169. The predicted molar refractivity (Wildman–Crippen MR) is 67.1 cm³/mol. The van der Waals surface area contributed by atoms with Gasteiger partial charge in [-0.2, -0.15) is 8.42 Å². The lowest BCUT2D eigenvalue weighted by Crippen LogP contribution is -2.33. The van der Waals surface area contributed by atoms with Gasteiger partial charge >= 0.3 is 10.1 Å². The summed E-state index contributed by atoms with van der Waals surface area (Å²) in [4.78, 5) is 1.88. The standard InChI is InChI=1S/C12H13NO4S/c1-13(2)10-7-18(14,15)17-12-8(10)3-4-11-9(12)5-6-16-11/h3-6,10H,7H2,1-2H3. The van der Waals surface area contributed by atoms with Gasteiger partial charge in [0.05, 0.1) is 17.7 Å². The number of nitrogens with zero attached hydrogens (tertiary/aromatic N) is 1. The molecule has 0 radical (unpaired) electrons. The third-order valence-corrected chi connectivity index (χ3v) is 4.32. The van der Waals surface area contributed by atoms with Crippen LogP contribution in [0.15, 0.2) is 28.9 Å². The van der Waals surface area contributed by atoms with Gasteiger partial charge in [0.15, 0.2) is 5.75 Å². The minimum absolute atomic E-state index is 0.0314. The Morgan fingerprint density at radius 2 is 2.06 bits per heavy atom. The minimum atomic E-state index is -3.54. The van der Waals surface area contributed by atoms with Gasteiger partial charge in [0.1, 0.15) is 11.3 Å². The molecule has 0 spiro atoms. The maximum atomic E-state index is 11.8. The Labute approximate surface area is 105 Å². The van der Waals surface area contributed by atoms with Crippen molar-refractivity contribution in [2.24, 2.45) is 0 Å². The summed E-state index contributed by atoms with van der Waals surface area (Å²) in [6, 6.07) is 5.23. The van der Waals surface area contributed by atoms with Crippen LogP contribution in [0, 0.1) is 0 Å². The molecule has 1 atom stereocenters. The van der Waals surface area contributed by atoms with E-state index in [-0.39, 0.29) is 11.8 Å². The van der Waals surface area contributed by atoms with Gasteiger partial charge in [-0.05, 0) is 32.3 Å². The van der Waals surface area contributed by atoms with Crippen LogP contribution >= 0.6 is 0 Å². The lowest BCUT2D eigenvalue weighted by molar-refractivity contribution is 0.302. The number of furan rings is 1. The minimum Gasteiger partial charge on any atom is -0.464 e. The fourth-order valence-corrected chi connectivity index (χ4v) is 3.63. The lowest BCUT2D eigenvalue weighted by Gasteiger charge is -2.30. The van der Waals surface area contributed by atoms with Crippen LogP contribution < -0.4 is 4.18 Å². The zero-order chi connectivity index (χ0) is 12.9. The predicted octanol–water partition coefficient (Wildman–Crippen LogP) is 1.76. The molecule has 96 valence electrons. The summed E-state index contributed by atoms with van der Waals surface area (Å²) in [6.07, 6.45) is 1.53. The Kier molecular flexibility index (Phi) is 2.39. The number of fused-ring (bicyclic) bond motifs is 3. The molecule has 0 fully saturated rings. The van der Waals surface area contributed by atoms with Crippen molar-refractivity contribution >= 4 is 21.1 Å². The van der Waals surface area contributed by atoms with Crippen LogP contribution in [0.4, 0.5) is 0 Å². The summed E-state index contributed by atoms with van der Waals surface area (Å²) < 4.78 is 34.0. The SMILES string of the molecule is CN(C)C1CS(=O)(=O)Oc2c1ccc1occc21. The van der Waals surface area contributed by atoms with Crippen molar-refractivity contribution in [1.29, 1.82) is 0 Å². The molecule has 1 unspecified atom stereocenters. The second-order valence-electron chi connectivity index (χ2n) is 4.60. The Bertz CT molecular complexity index is 702. The highest BCUT2D eigenvalue weighted by Gasteiger charge is 2.34. The average molecular weight is 267 g/mol. The van der Waals surface area contributed by atoms with Crippen molar-refractivity contribution < 1.29 is 17.0 Å². The monoisotopic (exact) mass is 267 g/mol. The molecule has 18 heavy (non-hydrogen) atoms. The molecule has 0 saturated carbocycles. The van der Waals surface area contributed by atoms with Gasteiger partial charge in [0.2, 0.25) is 0 Å². The van der Waals surface area contributed by atoms with E-state index in [0.29, 0.717) is 16.7 Å². The summed E-state index contributed by atoms with van der Waals surface area (Å²) in [5, 5.41) is 0.697. The molecule has 1 aromatic carbocycles. The fraction of sp³-hybridized carbons (Fsp3) is 0.333. The highest BCUT2D eigenvalue weighted by Crippen LogP contribution is 2.40. The van der Waals surface area contributed by atoms with E-state index < -0.39 is 10.1 Å². The van der Waals surface area contributed by atoms with Gasteiger partial charge < -0.3 is 13.5 Å². The summed E-state index contributed by atoms with van der Waals surface area (Å²) in [6.45, 7) is 0. The van der Waals surface area contributed by atoms with Crippen LogP contribution in [0.25, 0.3) is 11.0 Å². The van der Waals surface area contributed by atoms with Gasteiger partial charge in [-0.1, -0.05) is 0 Å². The molecular formula is C12H13NO4S. The van der Waals surface area contributed by atoms with Crippen LogP contribution in [0.2, 0.25) is 0 Å². The molecule has 6 heteroatoms. The third-order valence-electron chi connectivity index (χ3n) is 3.17. The number of hydrogen-bond donors (Lipinski definition) is 0. The molecule has 0 aliphatic carbocycles. The van der Waals surface area contributed by atoms with E-state index in [1.807, 2.05) is 31.1 Å². The van der Waals surface area contributed by atoms with Gasteiger partial charge in [-0.25, -0.2) is 0 Å². The van der Waals surface area contributed by atoms with Gasteiger partial charge in [0.25, 0.3) is 0 Å². The Hall–Kier alpha value is -1.53. The zero-order valence-electron chi connectivity index (χ0n) is 10.1. The van der Waals surface area contributed by atoms with Crippen LogP contribution in [0.1, 0.15) is 11.6 Å². The van der Waals surface area contributed by atoms with Crippen molar-refractivity contribution in [3.05, 3.63) is 30.0 Å². The van der Waals surface area contributed by atoms with Crippen LogP contribution in [0.3, 0.4) is 0 Å². The number of rotatable bonds is 1. The first kappa shape index (κ1) is 11.6. The molecule has 3 rings (SSSR count). The van der Waals surface area contributed by atoms with E-state index >= 15 is 0 Å². The third kappa shape index (κ3) is 1.69. The normalized spacial score (nSPS) is 21.8. The largest absolute Gasteiger partial charge is 0.464 e. The topological polar surface area (TPSA) is 59.8 Å². The van der Waals surface area contributed by atoms with Crippen molar-refractivity contribution in [2.45, 2.75) is 6.04 Å². The van der Waals surface area contributed by atoms with Gasteiger partial charge in [0, 0.05) is 5.56 Å². The molecule has 2 heterocycles. The highest BCUT2D eigenvalue weighted by atomic mass is 32.2. The van der Waals surface area contributed by atoms with Crippen molar-refractivity contribution in [3.8, 4) is 5.75 Å². The second-order valence-corrected chi connectivity index (χ2v) is 6.22. The Morgan fingerprint density at radius 3 is 2.78 bits per heavy atom. The Balaban J connectivity index is 2.29. The van der Waals surface area contributed by atoms with Crippen molar-refractivity contribution in [3.63, 3.8) is 0 Å². The molecule has 0 bridgehead atoms. The maximum absolute atomic E-state index is 11.8. The first-order valence-electron chi connectivity index (χ1n) is 5.56. The van der Waals surface area contributed by atoms with Crippen LogP contribution in [-0.4, -0.2) is 33.2 Å². The van der Waals surface area contributed by atoms with E-state index in [2.05, 4.69) is 0 Å². The molecule has 1 aliphatic rings. The first-order valence-corrected chi connectivity index (χ1v) is 7.14. The molecule has 1 aliphatic heterocycles. The fourth-order valence-electron chi connectivity index (χ4n) is 2.26. The molecule has 1 aromatic heterocycles. The number of benzene rings is 1. The molecule has 0 amide bonds. The van der Waals surface area contributed by atoms with Crippen LogP contribution in [0.5, 0.6) is 5.75 Å². The number of hydrogen-bond acceptors (Lipinski definition) is 5. The van der Waals surface area contributed by atoms with E-state index in [1.165, 1.54) is 6.26 Å². The molecule has 0 saturated heterocycles. The Morgan fingerprint density at radius 1 is 1.28 bits per heavy atom. The lowest BCUT2D eigenvalue weighted by atomic mass is 10.0. The van der Waals surface area contributed by atoms with E-state index in [1.54, 1.807) is 6.07 Å². The van der Waals surface area contributed by atoms with E-state index in [9.17, 15) is 8.42 Å². The molecule has 0 N–H and O–H groups in total. The van der Waals surface area contributed by atoms with Gasteiger partial charge in [-0.3, -0.25) is 0 Å². The molecular weight excluding hydrogens is 254 g/mol.